The summed E-state index contributed by atoms with van der Waals surface area (Å²) in [4.78, 5) is 22.2. The van der Waals surface area contributed by atoms with Crippen molar-refractivity contribution in [3.05, 3.63) is 34.9 Å². The molecule has 3 heterocycles. The second-order valence-corrected chi connectivity index (χ2v) is 8.07. The molecule has 0 bridgehead atoms. The van der Waals surface area contributed by atoms with Gasteiger partial charge in [0.15, 0.2) is 0 Å². The third-order valence-electron chi connectivity index (χ3n) is 4.28. The molecule has 156 valence electrons. The molecule has 0 saturated carbocycles. The number of aromatic nitrogens is 4. The highest BCUT2D eigenvalue weighted by molar-refractivity contribution is 7.81. The van der Waals surface area contributed by atoms with Gasteiger partial charge < -0.3 is 32.7 Å². The molecule has 10 nitrogen and oxygen atoms in total. The van der Waals surface area contributed by atoms with E-state index < -0.39 is 0 Å². The first kappa shape index (κ1) is 22.0. The van der Waals surface area contributed by atoms with Crippen LogP contribution >= 0.6 is 48.9 Å². The number of piperazine rings is 1. The Labute approximate surface area is 194 Å². The summed E-state index contributed by atoms with van der Waals surface area (Å²) in [5, 5.41) is 0. The van der Waals surface area contributed by atoms with Crippen LogP contribution in [0, 0.1) is 0 Å². The van der Waals surface area contributed by atoms with Crippen molar-refractivity contribution in [2.45, 2.75) is 0 Å². The maximum atomic E-state index is 5.73. The van der Waals surface area contributed by atoms with Crippen LogP contribution in [0.1, 0.15) is 22.8 Å². The first-order valence-corrected chi connectivity index (χ1v) is 10.3. The average Bonchev–Trinajstić information content (AvgIpc) is 2.73. The molecule has 1 aliphatic heterocycles. The maximum Gasteiger partial charge on any atom is 0.226 e. The zero-order chi connectivity index (χ0) is 22.0. The molecule has 30 heavy (non-hydrogen) atoms. The average molecular weight is 479 g/mol. The summed E-state index contributed by atoms with van der Waals surface area (Å²) in [5.41, 5.74) is 24.6. The lowest BCUT2D eigenvalue weighted by atomic mass is 10.3. The number of rotatable bonds is 6. The minimum atomic E-state index is 0.142. The zero-order valence-electron chi connectivity index (χ0n) is 15.6. The van der Waals surface area contributed by atoms with Crippen LogP contribution in [0.3, 0.4) is 0 Å². The quantitative estimate of drug-likeness (QED) is 0.379. The second kappa shape index (κ2) is 8.99. The lowest BCUT2D eigenvalue weighted by Crippen LogP contribution is -2.48. The van der Waals surface area contributed by atoms with E-state index in [1.165, 1.54) is 0 Å². The van der Waals surface area contributed by atoms with Crippen molar-refractivity contribution in [2.24, 2.45) is 22.9 Å². The van der Waals surface area contributed by atoms with Crippen LogP contribution in [-0.4, -0.2) is 66.1 Å². The molecular formula is C16H18N10S4. The van der Waals surface area contributed by atoms with Crippen LogP contribution < -0.4 is 32.7 Å². The molecule has 0 atom stereocenters. The molecule has 1 saturated heterocycles. The Morgan fingerprint density at radius 2 is 0.800 bits per heavy atom. The first-order chi connectivity index (χ1) is 14.2. The van der Waals surface area contributed by atoms with E-state index in [1.807, 2.05) is 9.80 Å². The summed E-state index contributed by atoms with van der Waals surface area (Å²) < 4.78 is 0. The lowest BCUT2D eigenvalue weighted by Gasteiger charge is -2.35. The van der Waals surface area contributed by atoms with Crippen LogP contribution in [0.2, 0.25) is 0 Å². The molecule has 14 heteroatoms. The first-order valence-electron chi connectivity index (χ1n) is 8.63. The normalized spacial score (nSPS) is 13.7. The SMILES string of the molecule is NC(=S)c1cc(C(N)=S)nc(N2CCN(c3nc(C(N)=S)cc(C(N)=S)n3)CC2)n1. The van der Waals surface area contributed by atoms with E-state index in [9.17, 15) is 0 Å². The van der Waals surface area contributed by atoms with E-state index in [4.69, 9.17) is 71.8 Å². The fourth-order valence-electron chi connectivity index (χ4n) is 2.76. The summed E-state index contributed by atoms with van der Waals surface area (Å²) in [6.07, 6.45) is 0. The van der Waals surface area contributed by atoms with Gasteiger partial charge in [0.25, 0.3) is 0 Å². The van der Waals surface area contributed by atoms with E-state index in [0.29, 0.717) is 60.9 Å². The molecule has 0 aliphatic carbocycles. The number of hydrogen-bond acceptors (Lipinski definition) is 10. The molecule has 3 rings (SSSR count). The van der Waals surface area contributed by atoms with Crippen molar-refractivity contribution in [1.29, 1.82) is 0 Å². The third-order valence-corrected chi connectivity index (χ3v) is 5.12. The Hall–Kier alpha value is -2.68. The maximum absolute atomic E-state index is 5.73. The molecule has 0 amide bonds. The Morgan fingerprint density at radius 3 is 1.00 bits per heavy atom. The van der Waals surface area contributed by atoms with Gasteiger partial charge >= 0.3 is 0 Å². The minimum Gasteiger partial charge on any atom is -0.388 e. The van der Waals surface area contributed by atoms with E-state index in [1.54, 1.807) is 12.1 Å². The molecule has 2 aromatic rings. The van der Waals surface area contributed by atoms with Gasteiger partial charge in [0.05, 0.1) is 0 Å². The van der Waals surface area contributed by atoms with Gasteiger partial charge in [-0.05, 0) is 12.1 Å². The van der Waals surface area contributed by atoms with Crippen molar-refractivity contribution in [1.82, 2.24) is 19.9 Å². The van der Waals surface area contributed by atoms with Gasteiger partial charge in [-0.2, -0.15) is 0 Å². The predicted octanol–water partition coefficient (Wildman–Crippen LogP) is -0.870. The molecule has 2 aromatic heterocycles. The van der Waals surface area contributed by atoms with E-state index in [0.717, 1.165) is 0 Å². The molecule has 8 N–H and O–H groups in total. The summed E-state index contributed by atoms with van der Waals surface area (Å²) in [5.74, 6) is 0.897. The zero-order valence-corrected chi connectivity index (χ0v) is 18.9. The third kappa shape index (κ3) is 4.89. The van der Waals surface area contributed by atoms with Crippen LogP contribution in [0.15, 0.2) is 12.1 Å². The summed E-state index contributed by atoms with van der Waals surface area (Å²) in [6.45, 7) is 2.34. The van der Waals surface area contributed by atoms with Crippen molar-refractivity contribution in [3.8, 4) is 0 Å². The minimum absolute atomic E-state index is 0.142. The summed E-state index contributed by atoms with van der Waals surface area (Å²) >= 11 is 20.1. The van der Waals surface area contributed by atoms with Gasteiger partial charge in [-0.1, -0.05) is 48.9 Å². The molecular weight excluding hydrogens is 461 g/mol. The number of thiocarbonyl (C=S) groups is 4. The monoisotopic (exact) mass is 478 g/mol. The van der Waals surface area contributed by atoms with Crippen molar-refractivity contribution < 1.29 is 0 Å². The molecule has 0 unspecified atom stereocenters. The number of anilines is 2. The molecule has 0 spiro atoms. The van der Waals surface area contributed by atoms with Crippen LogP contribution in [-0.2, 0) is 0 Å². The smallest absolute Gasteiger partial charge is 0.226 e. The van der Waals surface area contributed by atoms with Gasteiger partial charge in [0.2, 0.25) is 11.9 Å². The van der Waals surface area contributed by atoms with E-state index >= 15 is 0 Å². The lowest BCUT2D eigenvalue weighted by molar-refractivity contribution is 0.627. The Balaban J connectivity index is 1.83. The van der Waals surface area contributed by atoms with Gasteiger partial charge in [-0.3, -0.25) is 0 Å². The fourth-order valence-corrected chi connectivity index (χ4v) is 3.18. The fraction of sp³-hybridized carbons (Fsp3) is 0.250. The van der Waals surface area contributed by atoms with E-state index in [2.05, 4.69) is 19.9 Å². The van der Waals surface area contributed by atoms with Crippen LogP contribution in [0.25, 0.3) is 0 Å². The molecule has 0 aromatic carbocycles. The topological polar surface area (TPSA) is 162 Å². The van der Waals surface area contributed by atoms with Crippen LogP contribution in [0.5, 0.6) is 0 Å². The summed E-state index contributed by atoms with van der Waals surface area (Å²) in [7, 11) is 0. The van der Waals surface area contributed by atoms with Gasteiger partial charge in [0, 0.05) is 26.2 Å². The number of nitrogens with two attached hydrogens (primary N) is 4. The predicted molar refractivity (Wildman–Crippen MR) is 132 cm³/mol. The van der Waals surface area contributed by atoms with Crippen molar-refractivity contribution >= 4 is 80.7 Å². The standard InChI is InChI=1S/C16H18N10S4/c17-11(27)7-5-8(12(18)28)22-15(21-7)25-1-2-26(4-3-25)16-23-9(13(19)29)6-10(24-16)14(20)30/h5-6H,1-4H2,(H2,17,27)(H2,18,28)(H2,19,29)(H2,20,30). The van der Waals surface area contributed by atoms with E-state index in [-0.39, 0.29) is 20.0 Å². The Morgan fingerprint density at radius 1 is 0.567 bits per heavy atom. The number of hydrogen-bond donors (Lipinski definition) is 4. The molecule has 0 radical (unpaired) electrons. The Bertz CT molecular complexity index is 900. The Kier molecular flexibility index (Phi) is 6.60. The highest BCUT2D eigenvalue weighted by Gasteiger charge is 2.23. The van der Waals surface area contributed by atoms with Gasteiger partial charge in [-0.15, -0.1) is 0 Å². The summed E-state index contributed by atoms with van der Waals surface area (Å²) in [6, 6.07) is 3.16. The molecule has 1 aliphatic rings. The van der Waals surface area contributed by atoms with Crippen molar-refractivity contribution in [3.63, 3.8) is 0 Å². The van der Waals surface area contributed by atoms with Crippen molar-refractivity contribution in [2.75, 3.05) is 36.0 Å². The largest absolute Gasteiger partial charge is 0.388 e. The second-order valence-electron chi connectivity index (χ2n) is 6.31. The van der Waals surface area contributed by atoms with Crippen LogP contribution in [0.4, 0.5) is 11.9 Å². The highest BCUT2D eigenvalue weighted by Crippen LogP contribution is 2.18. The molecule has 1 fully saturated rings. The number of nitrogens with zero attached hydrogens (tertiary/aromatic N) is 6. The van der Waals surface area contributed by atoms with Gasteiger partial charge in [-0.25, -0.2) is 19.9 Å². The van der Waals surface area contributed by atoms with Gasteiger partial charge in [0.1, 0.15) is 42.7 Å². The highest BCUT2D eigenvalue weighted by atomic mass is 32.1.